The quantitative estimate of drug-likeness (QED) is 0.407. The van der Waals surface area contributed by atoms with E-state index in [1.165, 1.54) is 0 Å². The van der Waals surface area contributed by atoms with Gasteiger partial charge in [-0.3, -0.25) is 9.78 Å². The molecule has 0 saturated heterocycles. The van der Waals surface area contributed by atoms with Gasteiger partial charge in [0.1, 0.15) is 0 Å². The standard InChI is InChI=1S/C24H25N5O2/c1-2-25-19(16-30)8-9-23(31)18-10-12-26-22(14-18)20-15-27-29-13-11-21(28-24(20)29)17-6-4-3-5-7-17/h3-7,10-15,19,25,30H,2,8-9,16H2,1H3/t19-/m1/s1. The molecule has 4 aromatic rings. The maximum absolute atomic E-state index is 12.7. The molecule has 1 aromatic carbocycles. The third-order valence-electron chi connectivity index (χ3n) is 5.23. The molecule has 3 heterocycles. The van der Waals surface area contributed by atoms with Gasteiger partial charge < -0.3 is 10.4 Å². The van der Waals surface area contributed by atoms with Crippen molar-refractivity contribution < 1.29 is 9.90 Å². The monoisotopic (exact) mass is 415 g/mol. The zero-order valence-electron chi connectivity index (χ0n) is 17.4. The van der Waals surface area contributed by atoms with E-state index in [-0.39, 0.29) is 18.4 Å². The fraction of sp³-hybridized carbons (Fsp3) is 0.250. The number of aliphatic hydroxyl groups is 1. The van der Waals surface area contributed by atoms with Gasteiger partial charge in [-0.25, -0.2) is 9.50 Å². The predicted molar refractivity (Wildman–Crippen MR) is 120 cm³/mol. The molecule has 0 amide bonds. The molecular formula is C24H25N5O2. The zero-order chi connectivity index (χ0) is 21.6. The number of aromatic nitrogens is 4. The van der Waals surface area contributed by atoms with Crippen LogP contribution in [0.3, 0.4) is 0 Å². The zero-order valence-corrected chi connectivity index (χ0v) is 17.4. The third kappa shape index (κ3) is 4.68. The van der Waals surface area contributed by atoms with Crippen LogP contribution in [0.15, 0.2) is 67.1 Å². The van der Waals surface area contributed by atoms with Crippen LogP contribution in [0, 0.1) is 0 Å². The first-order valence-corrected chi connectivity index (χ1v) is 10.4. The lowest BCUT2D eigenvalue weighted by molar-refractivity contribution is 0.0971. The molecule has 0 spiro atoms. The first-order chi connectivity index (χ1) is 15.2. The summed E-state index contributed by atoms with van der Waals surface area (Å²) in [7, 11) is 0. The van der Waals surface area contributed by atoms with Gasteiger partial charge >= 0.3 is 0 Å². The van der Waals surface area contributed by atoms with E-state index in [1.807, 2.05) is 49.5 Å². The molecule has 0 fully saturated rings. The van der Waals surface area contributed by atoms with Crippen molar-refractivity contribution in [3.05, 3.63) is 72.7 Å². The molecule has 2 N–H and O–H groups in total. The lowest BCUT2D eigenvalue weighted by Crippen LogP contribution is -2.32. The maximum Gasteiger partial charge on any atom is 0.164 e. The van der Waals surface area contributed by atoms with Crippen LogP contribution in [-0.4, -0.2) is 49.7 Å². The number of Topliss-reactive ketones (excluding diaryl/α,β-unsaturated/α-hetero) is 1. The number of hydrogen-bond donors (Lipinski definition) is 2. The average molecular weight is 415 g/mol. The molecule has 31 heavy (non-hydrogen) atoms. The number of aliphatic hydroxyl groups excluding tert-OH is 1. The van der Waals surface area contributed by atoms with E-state index in [4.69, 9.17) is 4.98 Å². The summed E-state index contributed by atoms with van der Waals surface area (Å²) in [6.45, 7) is 2.75. The number of fused-ring (bicyclic) bond motifs is 1. The Morgan fingerprint density at radius 2 is 2.00 bits per heavy atom. The molecule has 0 unspecified atom stereocenters. The summed E-state index contributed by atoms with van der Waals surface area (Å²) < 4.78 is 1.71. The largest absolute Gasteiger partial charge is 0.395 e. The van der Waals surface area contributed by atoms with Crippen LogP contribution in [0.4, 0.5) is 0 Å². The second kappa shape index (κ2) is 9.59. The SMILES string of the molecule is CCN[C@@H](CO)CCC(=O)c1ccnc(-c2cnn3ccc(-c4ccccc4)nc23)c1. The van der Waals surface area contributed by atoms with E-state index in [0.29, 0.717) is 29.7 Å². The van der Waals surface area contributed by atoms with Gasteiger partial charge in [0, 0.05) is 36.0 Å². The van der Waals surface area contributed by atoms with E-state index >= 15 is 0 Å². The van der Waals surface area contributed by atoms with E-state index < -0.39 is 0 Å². The second-order valence-electron chi connectivity index (χ2n) is 7.33. The van der Waals surface area contributed by atoms with Gasteiger partial charge in [-0.15, -0.1) is 0 Å². The van der Waals surface area contributed by atoms with Gasteiger partial charge in [0.25, 0.3) is 0 Å². The van der Waals surface area contributed by atoms with Crippen LogP contribution < -0.4 is 5.32 Å². The Hall–Kier alpha value is -3.42. The Balaban J connectivity index is 1.61. The molecule has 158 valence electrons. The van der Waals surface area contributed by atoms with E-state index in [2.05, 4.69) is 15.4 Å². The number of nitrogens with one attached hydrogen (secondary N) is 1. The Morgan fingerprint density at radius 3 is 2.77 bits per heavy atom. The average Bonchev–Trinajstić information content (AvgIpc) is 3.25. The molecule has 4 rings (SSSR count). The van der Waals surface area contributed by atoms with Crippen molar-refractivity contribution in [2.45, 2.75) is 25.8 Å². The number of pyridine rings is 1. The molecule has 0 radical (unpaired) electrons. The van der Waals surface area contributed by atoms with Crippen LogP contribution in [0.5, 0.6) is 0 Å². The molecule has 7 nitrogen and oxygen atoms in total. The molecular weight excluding hydrogens is 390 g/mol. The topological polar surface area (TPSA) is 92.4 Å². The summed E-state index contributed by atoms with van der Waals surface area (Å²) in [4.78, 5) is 22.0. The van der Waals surface area contributed by atoms with Gasteiger partial charge in [0.2, 0.25) is 0 Å². The molecule has 0 aliphatic rings. The number of hydrogen-bond acceptors (Lipinski definition) is 6. The number of likely N-dealkylation sites (N-methyl/N-ethyl adjacent to an activating group) is 1. The van der Waals surface area contributed by atoms with Crippen molar-refractivity contribution in [3.63, 3.8) is 0 Å². The highest BCUT2D eigenvalue weighted by Gasteiger charge is 2.15. The first kappa shape index (κ1) is 20.8. The van der Waals surface area contributed by atoms with Gasteiger partial charge in [0.05, 0.1) is 29.8 Å². The normalized spacial score (nSPS) is 12.2. The van der Waals surface area contributed by atoms with E-state index in [0.717, 1.165) is 23.4 Å². The lowest BCUT2D eigenvalue weighted by atomic mass is 10.0. The van der Waals surface area contributed by atoms with E-state index in [1.54, 1.807) is 29.0 Å². The van der Waals surface area contributed by atoms with Crippen LogP contribution in [0.25, 0.3) is 28.2 Å². The molecule has 0 saturated carbocycles. The minimum absolute atomic E-state index is 0.0144. The van der Waals surface area contributed by atoms with Gasteiger partial charge in [0.15, 0.2) is 11.4 Å². The highest BCUT2D eigenvalue weighted by Crippen LogP contribution is 2.25. The highest BCUT2D eigenvalue weighted by molar-refractivity contribution is 5.97. The third-order valence-corrected chi connectivity index (χ3v) is 5.23. The minimum Gasteiger partial charge on any atom is -0.395 e. The summed E-state index contributed by atoms with van der Waals surface area (Å²) in [6, 6.07) is 15.3. The summed E-state index contributed by atoms with van der Waals surface area (Å²) in [5.74, 6) is 0.0226. The molecule has 3 aromatic heterocycles. The van der Waals surface area contributed by atoms with Crippen molar-refractivity contribution in [2.75, 3.05) is 13.2 Å². The summed E-state index contributed by atoms with van der Waals surface area (Å²) >= 11 is 0. The van der Waals surface area contributed by atoms with Gasteiger partial charge in [-0.2, -0.15) is 5.10 Å². The number of nitrogens with zero attached hydrogens (tertiary/aromatic N) is 4. The van der Waals surface area contributed by atoms with Crippen LogP contribution >= 0.6 is 0 Å². The van der Waals surface area contributed by atoms with Gasteiger partial charge in [-0.1, -0.05) is 37.3 Å². The number of rotatable bonds is 9. The van der Waals surface area contributed by atoms with Crippen LogP contribution in [0.2, 0.25) is 0 Å². The van der Waals surface area contributed by atoms with Crippen molar-refractivity contribution in [3.8, 4) is 22.5 Å². The van der Waals surface area contributed by atoms with Crippen molar-refractivity contribution >= 4 is 11.4 Å². The number of benzene rings is 1. The van der Waals surface area contributed by atoms with Crippen molar-refractivity contribution in [1.82, 2.24) is 24.9 Å². The minimum atomic E-state index is -0.0736. The fourth-order valence-corrected chi connectivity index (χ4v) is 3.57. The van der Waals surface area contributed by atoms with Crippen LogP contribution in [-0.2, 0) is 0 Å². The molecule has 0 bridgehead atoms. The summed E-state index contributed by atoms with van der Waals surface area (Å²) in [6.07, 6.45) is 6.17. The Bertz CT molecular complexity index is 1170. The summed E-state index contributed by atoms with van der Waals surface area (Å²) in [5, 5.41) is 17.0. The highest BCUT2D eigenvalue weighted by atomic mass is 16.3. The molecule has 0 aliphatic heterocycles. The maximum atomic E-state index is 12.7. The number of ketones is 1. The van der Waals surface area contributed by atoms with Crippen molar-refractivity contribution in [1.29, 1.82) is 0 Å². The van der Waals surface area contributed by atoms with Crippen LogP contribution in [0.1, 0.15) is 30.1 Å². The predicted octanol–water partition coefficient (Wildman–Crippen LogP) is 3.39. The Morgan fingerprint density at radius 1 is 1.16 bits per heavy atom. The molecule has 7 heteroatoms. The second-order valence-corrected chi connectivity index (χ2v) is 7.33. The van der Waals surface area contributed by atoms with Crippen molar-refractivity contribution in [2.24, 2.45) is 0 Å². The molecule has 1 atom stereocenters. The smallest absolute Gasteiger partial charge is 0.164 e. The first-order valence-electron chi connectivity index (χ1n) is 10.4. The lowest BCUT2D eigenvalue weighted by Gasteiger charge is -2.14. The molecule has 0 aliphatic carbocycles. The Kier molecular flexibility index (Phi) is 6.45. The van der Waals surface area contributed by atoms with Gasteiger partial charge in [-0.05, 0) is 31.2 Å². The van der Waals surface area contributed by atoms with E-state index in [9.17, 15) is 9.90 Å². The summed E-state index contributed by atoms with van der Waals surface area (Å²) in [5.41, 5.74) is 4.58. The number of carbonyl (C=O) groups is 1. The Labute approximate surface area is 180 Å². The fourth-order valence-electron chi connectivity index (χ4n) is 3.57. The number of carbonyl (C=O) groups excluding carboxylic acids is 1.